The maximum absolute atomic E-state index is 11.0. The van der Waals surface area contributed by atoms with Crippen LogP contribution in [0.4, 0.5) is 5.69 Å². The Morgan fingerprint density at radius 2 is 1.88 bits per heavy atom. The average Bonchev–Trinajstić information content (AvgIpc) is 2.98. The largest absolute Gasteiger partial charge is 0.493 e. The third-order valence-electron chi connectivity index (χ3n) is 4.64. The van der Waals surface area contributed by atoms with Crippen LogP contribution in [0.25, 0.3) is 22.2 Å². The molecular formula is C18H16N2O4. The number of non-ortho nitro benzene ring substituents is 1. The van der Waals surface area contributed by atoms with Crippen LogP contribution in [-0.4, -0.2) is 24.1 Å². The standard InChI is InChI=1S/C18H16N2O4/c1-23-16-8-7-13-14(18(16)24-2)6-5-12-11-4-3-10(20(21)22)9-15(11)19-17(12)13/h3-4,7-9,19H,5-6H2,1-2H3. The number of nitro groups is 1. The van der Waals surface area contributed by atoms with Crippen LogP contribution in [0.3, 0.4) is 0 Å². The van der Waals surface area contributed by atoms with Crippen molar-refractivity contribution in [3.8, 4) is 22.8 Å². The first kappa shape index (κ1) is 14.6. The number of aromatic amines is 1. The Hall–Kier alpha value is -3.02. The van der Waals surface area contributed by atoms with E-state index in [4.69, 9.17) is 9.47 Å². The monoisotopic (exact) mass is 324 g/mol. The van der Waals surface area contributed by atoms with Gasteiger partial charge in [-0.15, -0.1) is 0 Å². The lowest BCUT2D eigenvalue weighted by Gasteiger charge is -2.21. The molecule has 0 saturated heterocycles. The van der Waals surface area contributed by atoms with Crippen molar-refractivity contribution in [1.82, 2.24) is 4.98 Å². The molecule has 2 aromatic carbocycles. The van der Waals surface area contributed by atoms with Crippen LogP contribution >= 0.6 is 0 Å². The van der Waals surface area contributed by atoms with E-state index in [9.17, 15) is 10.1 Å². The summed E-state index contributed by atoms with van der Waals surface area (Å²) in [5.74, 6) is 1.47. The third-order valence-corrected chi connectivity index (χ3v) is 4.64. The van der Waals surface area contributed by atoms with E-state index < -0.39 is 0 Å². The molecule has 1 N–H and O–H groups in total. The summed E-state index contributed by atoms with van der Waals surface area (Å²) in [6.45, 7) is 0. The maximum atomic E-state index is 11.0. The molecule has 3 aromatic rings. The molecule has 0 amide bonds. The molecule has 6 nitrogen and oxygen atoms in total. The molecule has 1 aliphatic carbocycles. The summed E-state index contributed by atoms with van der Waals surface area (Å²) in [7, 11) is 3.27. The lowest BCUT2D eigenvalue weighted by molar-refractivity contribution is -0.384. The molecule has 0 saturated carbocycles. The number of hydrogen-bond acceptors (Lipinski definition) is 4. The number of nitrogens with zero attached hydrogens (tertiary/aromatic N) is 1. The second-order valence-corrected chi connectivity index (χ2v) is 5.79. The highest BCUT2D eigenvalue weighted by Crippen LogP contribution is 2.44. The van der Waals surface area contributed by atoms with Crippen molar-refractivity contribution in [2.24, 2.45) is 0 Å². The molecule has 122 valence electrons. The summed E-state index contributed by atoms with van der Waals surface area (Å²) >= 11 is 0. The van der Waals surface area contributed by atoms with Gasteiger partial charge < -0.3 is 14.5 Å². The van der Waals surface area contributed by atoms with E-state index >= 15 is 0 Å². The normalized spacial score (nSPS) is 12.6. The van der Waals surface area contributed by atoms with E-state index in [-0.39, 0.29) is 10.6 Å². The minimum absolute atomic E-state index is 0.0913. The smallest absolute Gasteiger partial charge is 0.271 e. The Morgan fingerprint density at radius 3 is 2.58 bits per heavy atom. The number of rotatable bonds is 3. The van der Waals surface area contributed by atoms with Gasteiger partial charge in [-0.05, 0) is 36.6 Å². The average molecular weight is 324 g/mol. The summed E-state index contributed by atoms with van der Waals surface area (Å²) in [6, 6.07) is 8.88. The predicted molar refractivity (Wildman–Crippen MR) is 90.9 cm³/mol. The summed E-state index contributed by atoms with van der Waals surface area (Å²) in [5.41, 5.74) is 5.25. The van der Waals surface area contributed by atoms with E-state index in [0.29, 0.717) is 5.75 Å². The zero-order valence-electron chi connectivity index (χ0n) is 13.4. The number of H-pyrrole nitrogens is 1. The van der Waals surface area contributed by atoms with Gasteiger partial charge in [0, 0.05) is 28.6 Å². The van der Waals surface area contributed by atoms with Gasteiger partial charge in [-0.25, -0.2) is 0 Å². The molecule has 4 rings (SSSR count). The second-order valence-electron chi connectivity index (χ2n) is 5.79. The van der Waals surface area contributed by atoms with Gasteiger partial charge in [-0.3, -0.25) is 10.1 Å². The minimum Gasteiger partial charge on any atom is -0.493 e. The van der Waals surface area contributed by atoms with E-state index in [1.54, 1.807) is 26.4 Å². The highest BCUT2D eigenvalue weighted by Gasteiger charge is 2.25. The first-order valence-corrected chi connectivity index (χ1v) is 7.67. The Balaban J connectivity index is 1.96. The van der Waals surface area contributed by atoms with Crippen LogP contribution in [0.1, 0.15) is 11.1 Å². The van der Waals surface area contributed by atoms with Crippen molar-refractivity contribution in [1.29, 1.82) is 0 Å². The molecule has 0 bridgehead atoms. The number of methoxy groups -OCH3 is 2. The van der Waals surface area contributed by atoms with Crippen LogP contribution in [-0.2, 0) is 12.8 Å². The fourth-order valence-electron chi connectivity index (χ4n) is 3.57. The molecule has 0 atom stereocenters. The highest BCUT2D eigenvalue weighted by molar-refractivity contribution is 5.94. The summed E-state index contributed by atoms with van der Waals surface area (Å²) in [6.07, 6.45) is 1.69. The van der Waals surface area contributed by atoms with E-state index in [2.05, 4.69) is 4.98 Å². The van der Waals surface area contributed by atoms with Gasteiger partial charge in [0.05, 0.1) is 30.4 Å². The van der Waals surface area contributed by atoms with E-state index in [1.807, 2.05) is 18.2 Å². The van der Waals surface area contributed by atoms with Crippen LogP contribution in [0, 0.1) is 10.1 Å². The number of nitro benzene ring substituents is 1. The van der Waals surface area contributed by atoms with Gasteiger partial charge in [0.25, 0.3) is 5.69 Å². The van der Waals surface area contributed by atoms with Crippen LogP contribution in [0.2, 0.25) is 0 Å². The molecule has 0 spiro atoms. The van der Waals surface area contributed by atoms with Crippen LogP contribution < -0.4 is 9.47 Å². The van der Waals surface area contributed by atoms with Crippen LogP contribution in [0.15, 0.2) is 30.3 Å². The summed E-state index contributed by atoms with van der Waals surface area (Å²) in [5, 5.41) is 12.0. The quantitative estimate of drug-likeness (QED) is 0.586. The molecular weight excluding hydrogens is 308 g/mol. The van der Waals surface area contributed by atoms with Gasteiger partial charge in [-0.2, -0.15) is 0 Å². The number of aromatic nitrogens is 1. The van der Waals surface area contributed by atoms with Crippen molar-refractivity contribution >= 4 is 16.6 Å². The Bertz CT molecular complexity index is 975. The van der Waals surface area contributed by atoms with Crippen molar-refractivity contribution < 1.29 is 14.4 Å². The molecule has 0 aliphatic heterocycles. The SMILES string of the molecule is COc1ccc2c(c1OC)CCc1c-2[nH]c2cc([N+](=O)[O-])ccc12. The molecule has 0 fully saturated rings. The van der Waals surface area contributed by atoms with Gasteiger partial charge >= 0.3 is 0 Å². The van der Waals surface area contributed by atoms with Gasteiger partial charge in [-0.1, -0.05) is 0 Å². The Kier molecular flexibility index (Phi) is 3.19. The van der Waals surface area contributed by atoms with E-state index in [1.165, 1.54) is 5.56 Å². The molecule has 0 unspecified atom stereocenters. The molecule has 1 aromatic heterocycles. The fraction of sp³-hybridized carbons (Fsp3) is 0.222. The van der Waals surface area contributed by atoms with E-state index in [0.717, 1.165) is 46.3 Å². The lowest BCUT2D eigenvalue weighted by atomic mass is 9.88. The molecule has 0 radical (unpaired) electrons. The highest BCUT2D eigenvalue weighted by atomic mass is 16.6. The number of hydrogen-bond donors (Lipinski definition) is 1. The first-order valence-electron chi connectivity index (χ1n) is 7.67. The van der Waals surface area contributed by atoms with Crippen molar-refractivity contribution in [3.63, 3.8) is 0 Å². The lowest BCUT2D eigenvalue weighted by Crippen LogP contribution is -2.06. The van der Waals surface area contributed by atoms with Crippen molar-refractivity contribution in [2.45, 2.75) is 12.8 Å². The summed E-state index contributed by atoms with van der Waals surface area (Å²) in [4.78, 5) is 14.0. The number of aryl methyl sites for hydroxylation is 1. The zero-order valence-corrected chi connectivity index (χ0v) is 13.4. The topological polar surface area (TPSA) is 77.4 Å². The number of nitrogens with one attached hydrogen (secondary N) is 1. The van der Waals surface area contributed by atoms with Crippen LogP contribution in [0.5, 0.6) is 11.5 Å². The third kappa shape index (κ3) is 1.96. The Morgan fingerprint density at radius 1 is 1.08 bits per heavy atom. The van der Waals surface area contributed by atoms with Gasteiger partial charge in [0.1, 0.15) is 0 Å². The molecule has 1 heterocycles. The van der Waals surface area contributed by atoms with Crippen molar-refractivity contribution in [3.05, 3.63) is 51.6 Å². The maximum Gasteiger partial charge on any atom is 0.271 e. The predicted octanol–water partition coefficient (Wildman–Crippen LogP) is 3.86. The van der Waals surface area contributed by atoms with Crippen molar-refractivity contribution in [2.75, 3.05) is 14.2 Å². The van der Waals surface area contributed by atoms with Gasteiger partial charge in [0.2, 0.25) is 0 Å². The second kappa shape index (κ2) is 5.26. The summed E-state index contributed by atoms with van der Waals surface area (Å²) < 4.78 is 10.9. The fourth-order valence-corrected chi connectivity index (χ4v) is 3.57. The number of ether oxygens (including phenoxy) is 2. The molecule has 1 aliphatic rings. The minimum atomic E-state index is -0.374. The number of fused-ring (bicyclic) bond motifs is 5. The molecule has 6 heteroatoms. The first-order chi connectivity index (χ1) is 11.6. The Labute approximate surface area is 138 Å². The van der Waals surface area contributed by atoms with Gasteiger partial charge in [0.15, 0.2) is 11.5 Å². The number of benzene rings is 2. The molecule has 24 heavy (non-hydrogen) atoms. The zero-order chi connectivity index (χ0) is 16.8.